The van der Waals surface area contributed by atoms with E-state index < -0.39 is 5.97 Å². The van der Waals surface area contributed by atoms with Crippen LogP contribution >= 0.6 is 11.3 Å². The normalized spacial score (nSPS) is 13.6. The van der Waals surface area contributed by atoms with Crippen LogP contribution in [0.5, 0.6) is 23.0 Å². The molecule has 3 aromatic rings. The third kappa shape index (κ3) is 3.04. The fraction of sp³-hybridized carbons (Fsp3) is 0.158. The monoisotopic (exact) mass is 383 g/mol. The molecule has 0 aliphatic carbocycles. The molecule has 0 radical (unpaired) electrons. The van der Waals surface area contributed by atoms with Gasteiger partial charge in [0.2, 0.25) is 13.6 Å². The molecule has 8 heteroatoms. The van der Waals surface area contributed by atoms with E-state index in [0.717, 1.165) is 11.1 Å². The molecule has 7 nitrogen and oxygen atoms in total. The molecule has 27 heavy (non-hydrogen) atoms. The molecular weight excluding hydrogens is 370 g/mol. The largest absolute Gasteiger partial charge is 0.456 e. The Morgan fingerprint density at radius 1 is 0.963 bits per heavy atom. The minimum Gasteiger partial charge on any atom is -0.456 e. The lowest BCUT2D eigenvalue weighted by Gasteiger charge is -2.04. The quantitative estimate of drug-likeness (QED) is 0.637. The van der Waals surface area contributed by atoms with Crippen molar-refractivity contribution < 1.29 is 28.5 Å². The van der Waals surface area contributed by atoms with Gasteiger partial charge < -0.3 is 23.7 Å². The van der Waals surface area contributed by atoms with Crippen molar-refractivity contribution in [3.8, 4) is 33.6 Å². The molecular formula is C19H13NO6S. The summed E-state index contributed by atoms with van der Waals surface area (Å²) in [6, 6.07) is 11.0. The van der Waals surface area contributed by atoms with Crippen LogP contribution in [0.2, 0.25) is 0 Å². The van der Waals surface area contributed by atoms with Gasteiger partial charge in [-0.15, -0.1) is 11.3 Å². The summed E-state index contributed by atoms with van der Waals surface area (Å²) in [5, 5.41) is 2.39. The van der Waals surface area contributed by atoms with Crippen LogP contribution in [0, 0.1) is 0 Å². The Hall–Kier alpha value is -3.26. The first-order valence-electron chi connectivity index (χ1n) is 8.17. The Balaban J connectivity index is 1.27. The van der Waals surface area contributed by atoms with Crippen molar-refractivity contribution in [3.63, 3.8) is 0 Å². The highest BCUT2D eigenvalue weighted by Gasteiger charge is 2.18. The summed E-state index contributed by atoms with van der Waals surface area (Å²) in [7, 11) is 0. The van der Waals surface area contributed by atoms with E-state index in [-0.39, 0.29) is 25.9 Å². The molecule has 2 aliphatic heterocycles. The van der Waals surface area contributed by atoms with Crippen molar-refractivity contribution in [3.05, 3.63) is 53.0 Å². The van der Waals surface area contributed by atoms with E-state index in [1.54, 1.807) is 17.5 Å². The summed E-state index contributed by atoms with van der Waals surface area (Å²) < 4.78 is 26.6. The van der Waals surface area contributed by atoms with Gasteiger partial charge in [-0.3, -0.25) is 0 Å². The highest BCUT2D eigenvalue weighted by Crippen LogP contribution is 2.37. The van der Waals surface area contributed by atoms with Gasteiger partial charge in [-0.05, 0) is 35.9 Å². The standard InChI is InChI=1S/C19H13NO6S/c21-19(22-7-11-1-3-14-16(5-11)25-9-23-14)13-8-27-18(20-13)12-2-4-15-17(6-12)26-10-24-15/h1-6,8H,7,9-10H2. The van der Waals surface area contributed by atoms with Crippen molar-refractivity contribution in [2.24, 2.45) is 0 Å². The van der Waals surface area contributed by atoms with Gasteiger partial charge in [-0.2, -0.15) is 0 Å². The van der Waals surface area contributed by atoms with Crippen LogP contribution in [0.15, 0.2) is 41.8 Å². The fourth-order valence-corrected chi connectivity index (χ4v) is 3.57. The van der Waals surface area contributed by atoms with E-state index in [9.17, 15) is 4.79 Å². The highest BCUT2D eigenvalue weighted by molar-refractivity contribution is 7.13. The summed E-state index contributed by atoms with van der Waals surface area (Å²) in [5.41, 5.74) is 1.95. The summed E-state index contributed by atoms with van der Waals surface area (Å²) in [5.74, 6) is 2.25. The third-order valence-electron chi connectivity index (χ3n) is 4.14. The van der Waals surface area contributed by atoms with Crippen molar-refractivity contribution >= 4 is 17.3 Å². The van der Waals surface area contributed by atoms with Crippen LogP contribution in [0.1, 0.15) is 16.1 Å². The number of aromatic nitrogens is 1. The van der Waals surface area contributed by atoms with Gasteiger partial charge in [-0.1, -0.05) is 6.07 Å². The van der Waals surface area contributed by atoms with Crippen LogP contribution in [-0.2, 0) is 11.3 Å². The number of fused-ring (bicyclic) bond motifs is 2. The molecule has 5 rings (SSSR count). The van der Waals surface area contributed by atoms with Crippen molar-refractivity contribution in [2.45, 2.75) is 6.61 Å². The molecule has 0 N–H and O–H groups in total. The lowest BCUT2D eigenvalue weighted by Crippen LogP contribution is -2.05. The zero-order chi connectivity index (χ0) is 18.2. The second-order valence-corrected chi connectivity index (χ2v) is 6.73. The number of esters is 1. The van der Waals surface area contributed by atoms with Crippen LogP contribution in [0.25, 0.3) is 10.6 Å². The van der Waals surface area contributed by atoms with E-state index >= 15 is 0 Å². The number of carbonyl (C=O) groups excluding carboxylic acids is 1. The molecule has 0 spiro atoms. The van der Waals surface area contributed by atoms with Crippen LogP contribution in [-0.4, -0.2) is 24.5 Å². The molecule has 3 heterocycles. The Kier molecular flexibility index (Phi) is 3.83. The number of ether oxygens (including phenoxy) is 5. The summed E-state index contributed by atoms with van der Waals surface area (Å²) in [4.78, 5) is 16.7. The first-order chi connectivity index (χ1) is 13.3. The van der Waals surface area contributed by atoms with Crippen molar-refractivity contribution in [2.75, 3.05) is 13.6 Å². The summed E-state index contributed by atoms with van der Waals surface area (Å²) >= 11 is 1.37. The number of thiazole rings is 1. The van der Waals surface area contributed by atoms with Gasteiger partial charge in [0.1, 0.15) is 11.6 Å². The minimum atomic E-state index is -0.476. The van der Waals surface area contributed by atoms with E-state index in [2.05, 4.69) is 4.98 Å². The maximum atomic E-state index is 12.3. The van der Waals surface area contributed by atoms with Crippen molar-refractivity contribution in [1.82, 2.24) is 4.98 Å². The minimum absolute atomic E-state index is 0.131. The van der Waals surface area contributed by atoms with Gasteiger partial charge in [-0.25, -0.2) is 9.78 Å². The van der Waals surface area contributed by atoms with E-state index in [0.29, 0.717) is 28.0 Å². The molecule has 0 bridgehead atoms. The molecule has 0 unspecified atom stereocenters. The van der Waals surface area contributed by atoms with Gasteiger partial charge in [0.15, 0.2) is 28.7 Å². The average molecular weight is 383 g/mol. The zero-order valence-electron chi connectivity index (χ0n) is 14.0. The van der Waals surface area contributed by atoms with E-state index in [1.807, 2.05) is 24.3 Å². The molecule has 0 atom stereocenters. The second-order valence-electron chi connectivity index (χ2n) is 5.87. The average Bonchev–Trinajstić information content (AvgIpc) is 3.45. The van der Waals surface area contributed by atoms with Crippen LogP contribution in [0.3, 0.4) is 0 Å². The number of nitrogens with zero attached hydrogens (tertiary/aromatic N) is 1. The molecule has 0 saturated heterocycles. The predicted molar refractivity (Wildman–Crippen MR) is 95.4 cm³/mol. The molecule has 2 aliphatic rings. The SMILES string of the molecule is O=C(OCc1ccc2c(c1)OCO2)c1csc(-c2ccc3c(c2)OCO3)n1. The van der Waals surface area contributed by atoms with E-state index in [4.69, 9.17) is 23.7 Å². The predicted octanol–water partition coefficient (Wildman–Crippen LogP) is 3.62. The lowest BCUT2D eigenvalue weighted by atomic mass is 10.2. The van der Waals surface area contributed by atoms with Crippen LogP contribution < -0.4 is 18.9 Å². The first kappa shape index (κ1) is 16.0. The topological polar surface area (TPSA) is 76.1 Å². The molecule has 0 fully saturated rings. The molecule has 2 aromatic carbocycles. The van der Waals surface area contributed by atoms with Crippen LogP contribution in [0.4, 0.5) is 0 Å². The van der Waals surface area contributed by atoms with Gasteiger partial charge in [0.25, 0.3) is 0 Å². The Morgan fingerprint density at radius 3 is 2.48 bits per heavy atom. The smallest absolute Gasteiger partial charge is 0.358 e. The molecule has 1 aromatic heterocycles. The number of hydrogen-bond acceptors (Lipinski definition) is 8. The second kappa shape index (κ2) is 6.48. The maximum Gasteiger partial charge on any atom is 0.358 e. The number of carbonyl (C=O) groups is 1. The molecule has 136 valence electrons. The number of hydrogen-bond donors (Lipinski definition) is 0. The van der Waals surface area contributed by atoms with E-state index in [1.165, 1.54) is 11.3 Å². The summed E-state index contributed by atoms with van der Waals surface area (Å²) in [6.45, 7) is 0.556. The summed E-state index contributed by atoms with van der Waals surface area (Å²) in [6.07, 6.45) is 0. The van der Waals surface area contributed by atoms with Gasteiger partial charge >= 0.3 is 5.97 Å². The Labute approximate surface area is 158 Å². The first-order valence-corrected chi connectivity index (χ1v) is 9.05. The number of rotatable bonds is 4. The Morgan fingerprint density at radius 2 is 1.67 bits per heavy atom. The highest BCUT2D eigenvalue weighted by atomic mass is 32.1. The molecule has 0 saturated carbocycles. The zero-order valence-corrected chi connectivity index (χ0v) is 14.8. The van der Waals surface area contributed by atoms with Gasteiger partial charge in [0, 0.05) is 10.9 Å². The number of benzene rings is 2. The molecule has 0 amide bonds. The van der Waals surface area contributed by atoms with Crippen molar-refractivity contribution in [1.29, 1.82) is 0 Å². The fourth-order valence-electron chi connectivity index (χ4n) is 2.78. The maximum absolute atomic E-state index is 12.3. The third-order valence-corrected chi connectivity index (χ3v) is 5.03. The van der Waals surface area contributed by atoms with Gasteiger partial charge in [0.05, 0.1) is 0 Å². The lowest BCUT2D eigenvalue weighted by molar-refractivity contribution is 0.0466. The Bertz CT molecular complexity index is 1030.